The summed E-state index contributed by atoms with van der Waals surface area (Å²) in [6, 6.07) is -0.897. The van der Waals surface area contributed by atoms with Crippen LogP contribution in [-0.2, 0) is 4.79 Å². The Morgan fingerprint density at radius 1 is 1.73 bits per heavy atom. The second-order valence-electron chi connectivity index (χ2n) is 3.51. The fourth-order valence-corrected chi connectivity index (χ4v) is 1.35. The number of amides is 1. The monoisotopic (exact) mass is 211 g/mol. The molecule has 2 atom stereocenters. The largest absolute Gasteiger partial charge is 0.391 e. The molecule has 0 aromatic carbocycles. The molecule has 1 heterocycles. The van der Waals surface area contributed by atoms with E-state index in [2.05, 4.69) is 0 Å². The molecular formula is C10H17N3O2. The van der Waals surface area contributed by atoms with Crippen molar-refractivity contribution < 1.29 is 9.90 Å². The minimum atomic E-state index is -0.897. The lowest BCUT2D eigenvalue weighted by Crippen LogP contribution is -2.50. The van der Waals surface area contributed by atoms with Gasteiger partial charge in [0.25, 0.3) is 0 Å². The maximum absolute atomic E-state index is 11.8. The summed E-state index contributed by atoms with van der Waals surface area (Å²) >= 11 is 0. The molecule has 84 valence electrons. The van der Waals surface area contributed by atoms with E-state index < -0.39 is 12.1 Å². The summed E-state index contributed by atoms with van der Waals surface area (Å²) in [7, 11) is 0. The summed E-state index contributed by atoms with van der Waals surface area (Å²) < 4.78 is 0. The molecule has 0 aliphatic carbocycles. The van der Waals surface area contributed by atoms with Gasteiger partial charge in [-0.1, -0.05) is 12.2 Å². The molecule has 0 spiro atoms. The van der Waals surface area contributed by atoms with E-state index in [1.54, 1.807) is 6.08 Å². The van der Waals surface area contributed by atoms with Gasteiger partial charge in [-0.25, -0.2) is 0 Å². The standard InChI is InChI=1S/C10H17N3O2/c1-7(14)9(12)10(15)13-5-3-2-4-8(13)6-11/h2-4,7,9,14H,5-6,11-12H2,1H3/t7-,9+/m1/s1. The molecule has 5 N–H and O–H groups in total. The molecule has 0 radical (unpaired) electrons. The van der Waals surface area contributed by atoms with Gasteiger partial charge in [0.1, 0.15) is 6.04 Å². The van der Waals surface area contributed by atoms with E-state index in [1.807, 2.05) is 12.2 Å². The van der Waals surface area contributed by atoms with Crippen LogP contribution in [0.5, 0.6) is 0 Å². The Kier molecular flexibility index (Phi) is 4.02. The first kappa shape index (κ1) is 11.9. The summed E-state index contributed by atoms with van der Waals surface area (Å²) in [5.41, 5.74) is 11.8. The van der Waals surface area contributed by atoms with Crippen molar-refractivity contribution >= 4 is 5.91 Å². The van der Waals surface area contributed by atoms with Gasteiger partial charge in [-0.2, -0.15) is 0 Å². The number of nitrogens with two attached hydrogens (primary N) is 2. The summed E-state index contributed by atoms with van der Waals surface area (Å²) in [5, 5.41) is 9.24. The maximum Gasteiger partial charge on any atom is 0.246 e. The van der Waals surface area contributed by atoms with E-state index in [1.165, 1.54) is 11.8 Å². The fourth-order valence-electron chi connectivity index (χ4n) is 1.35. The summed E-state index contributed by atoms with van der Waals surface area (Å²) in [6.45, 7) is 2.24. The first-order valence-electron chi connectivity index (χ1n) is 4.88. The molecule has 0 saturated carbocycles. The lowest BCUT2D eigenvalue weighted by Gasteiger charge is -2.28. The molecule has 0 bridgehead atoms. The number of aliphatic hydroxyl groups is 1. The smallest absolute Gasteiger partial charge is 0.246 e. The first-order chi connectivity index (χ1) is 7.07. The summed E-state index contributed by atoms with van der Waals surface area (Å²) in [4.78, 5) is 13.3. The first-order valence-corrected chi connectivity index (χ1v) is 4.88. The number of hydrogen-bond donors (Lipinski definition) is 3. The predicted molar refractivity (Wildman–Crippen MR) is 57.6 cm³/mol. The molecule has 1 aliphatic heterocycles. The molecule has 5 heteroatoms. The van der Waals surface area contributed by atoms with E-state index in [9.17, 15) is 9.90 Å². The Bertz CT molecular complexity index is 297. The quantitative estimate of drug-likeness (QED) is 0.554. The average Bonchev–Trinajstić information content (AvgIpc) is 2.26. The van der Waals surface area contributed by atoms with Crippen molar-refractivity contribution in [3.63, 3.8) is 0 Å². The number of rotatable bonds is 3. The van der Waals surface area contributed by atoms with Gasteiger partial charge in [-0.3, -0.25) is 4.79 Å². The van der Waals surface area contributed by atoms with E-state index in [4.69, 9.17) is 11.5 Å². The molecule has 0 saturated heterocycles. The number of carbonyl (C=O) groups is 1. The van der Waals surface area contributed by atoms with Crippen molar-refractivity contribution in [1.29, 1.82) is 0 Å². The minimum absolute atomic E-state index is 0.280. The van der Waals surface area contributed by atoms with Crippen molar-refractivity contribution in [3.05, 3.63) is 23.9 Å². The van der Waals surface area contributed by atoms with Gasteiger partial charge < -0.3 is 21.5 Å². The van der Waals surface area contributed by atoms with Crippen LogP contribution in [0.2, 0.25) is 0 Å². The zero-order chi connectivity index (χ0) is 11.4. The van der Waals surface area contributed by atoms with Gasteiger partial charge in [0, 0.05) is 18.8 Å². The third kappa shape index (κ3) is 2.65. The van der Waals surface area contributed by atoms with Gasteiger partial charge >= 0.3 is 0 Å². The van der Waals surface area contributed by atoms with E-state index >= 15 is 0 Å². The number of aliphatic hydroxyl groups excluding tert-OH is 1. The molecule has 0 unspecified atom stereocenters. The number of allylic oxidation sites excluding steroid dienone is 2. The van der Waals surface area contributed by atoms with Crippen LogP contribution in [0.3, 0.4) is 0 Å². The van der Waals surface area contributed by atoms with Crippen LogP contribution < -0.4 is 11.5 Å². The molecule has 1 aliphatic rings. The molecule has 5 nitrogen and oxygen atoms in total. The zero-order valence-corrected chi connectivity index (χ0v) is 8.76. The van der Waals surface area contributed by atoms with Crippen molar-refractivity contribution in [2.45, 2.75) is 19.1 Å². The molecular weight excluding hydrogens is 194 g/mol. The van der Waals surface area contributed by atoms with Gasteiger partial charge in [0.15, 0.2) is 0 Å². The second-order valence-corrected chi connectivity index (χ2v) is 3.51. The van der Waals surface area contributed by atoms with Crippen LogP contribution in [0.1, 0.15) is 6.92 Å². The van der Waals surface area contributed by atoms with Crippen molar-refractivity contribution in [3.8, 4) is 0 Å². The Morgan fingerprint density at radius 2 is 2.40 bits per heavy atom. The van der Waals surface area contributed by atoms with Crippen LogP contribution in [0.4, 0.5) is 0 Å². The minimum Gasteiger partial charge on any atom is -0.391 e. The van der Waals surface area contributed by atoms with Crippen molar-refractivity contribution in [2.75, 3.05) is 13.1 Å². The SMILES string of the molecule is C[C@@H](O)[C@H](N)C(=O)N1CC=CC=C1CN. The number of carbonyl (C=O) groups excluding carboxylic acids is 1. The highest BCUT2D eigenvalue weighted by Gasteiger charge is 2.26. The zero-order valence-electron chi connectivity index (χ0n) is 8.76. The van der Waals surface area contributed by atoms with Crippen molar-refractivity contribution in [2.24, 2.45) is 11.5 Å². The highest BCUT2D eigenvalue weighted by Crippen LogP contribution is 2.11. The van der Waals surface area contributed by atoms with Gasteiger partial charge in [0.05, 0.1) is 6.10 Å². The maximum atomic E-state index is 11.8. The molecule has 15 heavy (non-hydrogen) atoms. The van der Waals surface area contributed by atoms with Crippen LogP contribution in [0.25, 0.3) is 0 Å². The van der Waals surface area contributed by atoms with Crippen LogP contribution in [-0.4, -0.2) is 41.1 Å². The van der Waals surface area contributed by atoms with Gasteiger partial charge in [-0.05, 0) is 13.0 Å². The predicted octanol–water partition coefficient (Wildman–Crippen LogP) is -1.06. The van der Waals surface area contributed by atoms with E-state index in [0.29, 0.717) is 6.54 Å². The lowest BCUT2D eigenvalue weighted by atomic mass is 10.1. The molecule has 0 aromatic rings. The van der Waals surface area contributed by atoms with Crippen LogP contribution in [0.15, 0.2) is 23.9 Å². The number of nitrogens with zero attached hydrogens (tertiary/aromatic N) is 1. The van der Waals surface area contributed by atoms with Crippen LogP contribution in [0, 0.1) is 0 Å². The molecule has 1 rings (SSSR count). The highest BCUT2D eigenvalue weighted by atomic mass is 16.3. The second kappa shape index (κ2) is 5.06. The Hall–Kier alpha value is -1.17. The molecule has 0 aromatic heterocycles. The van der Waals surface area contributed by atoms with E-state index in [0.717, 1.165) is 5.70 Å². The molecule has 1 amide bonds. The third-order valence-electron chi connectivity index (χ3n) is 2.34. The van der Waals surface area contributed by atoms with Gasteiger partial charge in [0.2, 0.25) is 5.91 Å². The van der Waals surface area contributed by atoms with Crippen molar-refractivity contribution in [1.82, 2.24) is 4.90 Å². The summed E-state index contributed by atoms with van der Waals surface area (Å²) in [6.07, 6.45) is 4.60. The highest BCUT2D eigenvalue weighted by molar-refractivity contribution is 5.84. The Balaban J connectivity index is 2.76. The third-order valence-corrected chi connectivity index (χ3v) is 2.34. The van der Waals surface area contributed by atoms with Gasteiger partial charge in [-0.15, -0.1) is 0 Å². The Labute approximate surface area is 89.0 Å². The lowest BCUT2D eigenvalue weighted by molar-refractivity contribution is -0.132. The topological polar surface area (TPSA) is 92.6 Å². The average molecular weight is 211 g/mol. The molecule has 0 fully saturated rings. The van der Waals surface area contributed by atoms with E-state index in [-0.39, 0.29) is 12.5 Å². The number of hydrogen-bond acceptors (Lipinski definition) is 4. The summed E-state index contributed by atoms with van der Waals surface area (Å²) in [5.74, 6) is -0.300. The fraction of sp³-hybridized carbons (Fsp3) is 0.500. The normalized spacial score (nSPS) is 19.7. The Morgan fingerprint density at radius 3 is 2.93 bits per heavy atom. The van der Waals surface area contributed by atoms with Crippen LogP contribution >= 0.6 is 0 Å².